The molecule has 0 bridgehead atoms. The number of nitrogens with zero attached hydrogens (tertiary/aromatic N) is 2. The standard InChI is InChI=1S/C21H20IN3O4S/c1-29-19(27)13-24-17(11-18(26)23-16-9-7-15(22)8-10-16)20(28)25(21(24)30)12-14-5-3-2-4-6-14/h2-10,17H,11-13H2,1H3,(H,23,26). The Kier molecular flexibility index (Phi) is 7.38. The molecule has 1 saturated heterocycles. The summed E-state index contributed by atoms with van der Waals surface area (Å²) in [6.45, 7) is 0.0687. The molecule has 0 saturated carbocycles. The minimum atomic E-state index is -0.871. The van der Waals surface area contributed by atoms with Crippen LogP contribution in [0.1, 0.15) is 12.0 Å². The van der Waals surface area contributed by atoms with Gasteiger partial charge in [0.2, 0.25) is 5.91 Å². The molecular formula is C21H20IN3O4S. The number of amides is 2. The van der Waals surface area contributed by atoms with E-state index < -0.39 is 12.0 Å². The van der Waals surface area contributed by atoms with Gasteiger partial charge >= 0.3 is 5.97 Å². The lowest BCUT2D eigenvalue weighted by Crippen LogP contribution is -2.41. The van der Waals surface area contributed by atoms with E-state index in [9.17, 15) is 14.4 Å². The molecule has 1 atom stereocenters. The van der Waals surface area contributed by atoms with Crippen LogP contribution in [0.3, 0.4) is 0 Å². The Morgan fingerprint density at radius 3 is 2.43 bits per heavy atom. The summed E-state index contributed by atoms with van der Waals surface area (Å²) < 4.78 is 5.78. The van der Waals surface area contributed by atoms with Gasteiger partial charge in [-0.3, -0.25) is 19.3 Å². The lowest BCUT2D eigenvalue weighted by atomic mass is 10.1. The number of thiocarbonyl (C=S) groups is 1. The highest BCUT2D eigenvalue weighted by molar-refractivity contribution is 14.1. The third-order valence-electron chi connectivity index (χ3n) is 4.62. The number of ether oxygens (including phenoxy) is 1. The van der Waals surface area contributed by atoms with Crippen molar-refractivity contribution in [1.82, 2.24) is 9.80 Å². The van der Waals surface area contributed by atoms with Crippen molar-refractivity contribution in [3.05, 3.63) is 63.7 Å². The highest BCUT2D eigenvalue weighted by atomic mass is 127. The molecule has 3 rings (SSSR count). The number of benzene rings is 2. The molecule has 0 aromatic heterocycles. The number of hydrogen-bond acceptors (Lipinski definition) is 5. The topological polar surface area (TPSA) is 79.0 Å². The summed E-state index contributed by atoms with van der Waals surface area (Å²) in [6, 6.07) is 15.8. The molecule has 1 heterocycles. The third kappa shape index (κ3) is 5.33. The van der Waals surface area contributed by atoms with Crippen molar-refractivity contribution in [2.75, 3.05) is 19.0 Å². The monoisotopic (exact) mass is 537 g/mol. The second-order valence-electron chi connectivity index (χ2n) is 6.67. The van der Waals surface area contributed by atoms with Crippen LogP contribution in [0.2, 0.25) is 0 Å². The van der Waals surface area contributed by atoms with E-state index in [0.717, 1.165) is 9.13 Å². The van der Waals surface area contributed by atoms with Gasteiger partial charge in [-0.2, -0.15) is 0 Å². The fraction of sp³-hybridized carbons (Fsp3) is 0.238. The van der Waals surface area contributed by atoms with Gasteiger partial charge in [0.1, 0.15) is 12.6 Å². The zero-order valence-electron chi connectivity index (χ0n) is 16.2. The Morgan fingerprint density at radius 1 is 1.13 bits per heavy atom. The van der Waals surface area contributed by atoms with Crippen LogP contribution in [0.4, 0.5) is 5.69 Å². The zero-order chi connectivity index (χ0) is 21.7. The maximum absolute atomic E-state index is 13.1. The van der Waals surface area contributed by atoms with Crippen molar-refractivity contribution >= 4 is 63.4 Å². The third-order valence-corrected chi connectivity index (χ3v) is 5.80. The van der Waals surface area contributed by atoms with E-state index in [1.807, 2.05) is 42.5 Å². The van der Waals surface area contributed by atoms with Crippen LogP contribution in [-0.2, 0) is 25.7 Å². The minimum absolute atomic E-state index is 0.132. The van der Waals surface area contributed by atoms with Gasteiger partial charge in [-0.1, -0.05) is 30.3 Å². The summed E-state index contributed by atoms with van der Waals surface area (Å²) in [5.41, 5.74) is 1.53. The van der Waals surface area contributed by atoms with Gasteiger partial charge in [0.15, 0.2) is 5.11 Å². The fourth-order valence-electron chi connectivity index (χ4n) is 3.11. The van der Waals surface area contributed by atoms with E-state index in [1.165, 1.54) is 16.9 Å². The van der Waals surface area contributed by atoms with Crippen LogP contribution in [0.15, 0.2) is 54.6 Å². The Hall–Kier alpha value is -2.53. The molecule has 2 aromatic rings. The molecule has 2 amide bonds. The first-order valence-corrected chi connectivity index (χ1v) is 10.7. The molecule has 2 aromatic carbocycles. The van der Waals surface area contributed by atoms with Crippen molar-refractivity contribution in [3.8, 4) is 0 Å². The average Bonchev–Trinajstić information content (AvgIpc) is 2.95. The van der Waals surface area contributed by atoms with Gasteiger partial charge in [-0.25, -0.2) is 0 Å². The lowest BCUT2D eigenvalue weighted by molar-refractivity contribution is -0.141. The predicted octanol–water partition coefficient (Wildman–Crippen LogP) is 2.79. The van der Waals surface area contributed by atoms with Crippen molar-refractivity contribution in [2.45, 2.75) is 19.0 Å². The number of halogens is 1. The molecule has 30 heavy (non-hydrogen) atoms. The second-order valence-corrected chi connectivity index (χ2v) is 8.28. The van der Waals surface area contributed by atoms with E-state index in [4.69, 9.17) is 17.0 Å². The highest BCUT2D eigenvalue weighted by Crippen LogP contribution is 2.23. The van der Waals surface area contributed by atoms with Crippen LogP contribution in [-0.4, -0.2) is 52.4 Å². The first kappa shape index (κ1) is 22.2. The first-order valence-electron chi connectivity index (χ1n) is 9.17. The van der Waals surface area contributed by atoms with Gasteiger partial charge in [-0.15, -0.1) is 0 Å². The summed E-state index contributed by atoms with van der Waals surface area (Å²) in [5.74, 6) is -1.19. The molecule has 9 heteroatoms. The molecule has 1 fully saturated rings. The molecule has 0 aliphatic carbocycles. The number of carbonyl (C=O) groups excluding carboxylic acids is 3. The van der Waals surface area contributed by atoms with Gasteiger partial charge in [0, 0.05) is 9.26 Å². The molecular weight excluding hydrogens is 517 g/mol. The van der Waals surface area contributed by atoms with Gasteiger partial charge < -0.3 is 15.0 Å². The number of nitrogens with one attached hydrogen (secondary N) is 1. The summed E-state index contributed by atoms with van der Waals surface area (Å²) in [6.07, 6.45) is -0.132. The maximum Gasteiger partial charge on any atom is 0.325 e. The molecule has 1 aliphatic heterocycles. The zero-order valence-corrected chi connectivity index (χ0v) is 19.2. The van der Waals surface area contributed by atoms with E-state index in [2.05, 4.69) is 27.9 Å². The summed E-state index contributed by atoms with van der Waals surface area (Å²) in [7, 11) is 1.27. The first-order chi connectivity index (χ1) is 14.4. The fourth-order valence-corrected chi connectivity index (χ4v) is 3.81. The van der Waals surface area contributed by atoms with Crippen LogP contribution in [0, 0.1) is 3.57 Å². The van der Waals surface area contributed by atoms with Gasteiger partial charge in [0.25, 0.3) is 5.91 Å². The number of esters is 1. The summed E-state index contributed by atoms with van der Waals surface area (Å²) >= 11 is 7.65. The number of hydrogen-bond donors (Lipinski definition) is 1. The molecule has 0 spiro atoms. The van der Waals surface area contributed by atoms with Crippen LogP contribution < -0.4 is 5.32 Å². The molecule has 0 radical (unpaired) electrons. The molecule has 1 aliphatic rings. The van der Waals surface area contributed by atoms with Gasteiger partial charge in [-0.05, 0) is 64.6 Å². The van der Waals surface area contributed by atoms with Crippen LogP contribution in [0.25, 0.3) is 0 Å². The largest absolute Gasteiger partial charge is 0.468 e. The van der Waals surface area contributed by atoms with Crippen molar-refractivity contribution in [2.24, 2.45) is 0 Å². The smallest absolute Gasteiger partial charge is 0.325 e. The summed E-state index contributed by atoms with van der Waals surface area (Å²) in [4.78, 5) is 40.5. The SMILES string of the molecule is COC(=O)CN1C(=S)N(Cc2ccccc2)C(=O)C1CC(=O)Nc1ccc(I)cc1. The molecule has 1 N–H and O–H groups in total. The van der Waals surface area contributed by atoms with Crippen molar-refractivity contribution in [1.29, 1.82) is 0 Å². The van der Waals surface area contributed by atoms with E-state index in [1.54, 1.807) is 12.1 Å². The van der Waals surface area contributed by atoms with Crippen molar-refractivity contribution < 1.29 is 19.1 Å². The van der Waals surface area contributed by atoms with Gasteiger partial charge in [0.05, 0.1) is 20.1 Å². The number of anilines is 1. The Bertz CT molecular complexity index is 952. The lowest BCUT2D eigenvalue weighted by Gasteiger charge is -2.22. The quantitative estimate of drug-likeness (QED) is 0.333. The van der Waals surface area contributed by atoms with E-state index in [0.29, 0.717) is 5.69 Å². The van der Waals surface area contributed by atoms with Crippen LogP contribution >= 0.6 is 34.8 Å². The van der Waals surface area contributed by atoms with E-state index >= 15 is 0 Å². The Labute approximate surface area is 193 Å². The molecule has 7 nitrogen and oxygen atoms in total. The maximum atomic E-state index is 13.1. The minimum Gasteiger partial charge on any atom is -0.468 e. The van der Waals surface area contributed by atoms with Crippen molar-refractivity contribution in [3.63, 3.8) is 0 Å². The normalized spacial score (nSPS) is 16.0. The Balaban J connectivity index is 1.77. The Morgan fingerprint density at radius 2 is 1.80 bits per heavy atom. The molecule has 1 unspecified atom stereocenters. The average molecular weight is 537 g/mol. The number of rotatable bonds is 7. The highest BCUT2D eigenvalue weighted by Gasteiger charge is 2.44. The molecule has 156 valence electrons. The van der Waals surface area contributed by atoms with Crippen LogP contribution in [0.5, 0.6) is 0 Å². The predicted molar refractivity (Wildman–Crippen MR) is 125 cm³/mol. The number of carbonyl (C=O) groups is 3. The van der Waals surface area contributed by atoms with E-state index in [-0.39, 0.29) is 36.4 Å². The second kappa shape index (κ2) is 9.98. The number of methoxy groups -OCH3 is 1. The summed E-state index contributed by atoms with van der Waals surface area (Å²) in [5, 5.41) is 2.99.